The van der Waals surface area contributed by atoms with Crippen molar-refractivity contribution in [2.75, 3.05) is 37.0 Å². The zero-order chi connectivity index (χ0) is 26.4. The third-order valence-electron chi connectivity index (χ3n) is 6.13. The van der Waals surface area contributed by atoms with Crippen molar-refractivity contribution in [3.05, 3.63) is 65.5 Å². The van der Waals surface area contributed by atoms with Gasteiger partial charge in [-0.25, -0.2) is 9.48 Å². The Hall–Kier alpha value is -4.34. The van der Waals surface area contributed by atoms with Crippen molar-refractivity contribution >= 4 is 29.2 Å². The Kier molecular flexibility index (Phi) is 8.07. The van der Waals surface area contributed by atoms with Gasteiger partial charge in [0, 0.05) is 36.4 Å². The highest BCUT2D eigenvalue weighted by Crippen LogP contribution is 2.30. The van der Waals surface area contributed by atoms with E-state index in [4.69, 9.17) is 14.6 Å². The molecule has 0 saturated carbocycles. The number of rotatable bonds is 11. The van der Waals surface area contributed by atoms with Crippen molar-refractivity contribution in [1.82, 2.24) is 9.78 Å². The molecule has 2 heterocycles. The van der Waals surface area contributed by atoms with Gasteiger partial charge in [-0.1, -0.05) is 0 Å². The molecule has 0 bridgehead atoms. The molecule has 3 aromatic rings. The average molecular weight is 507 g/mol. The Labute approximate surface area is 214 Å². The number of nitrogens with zero attached hydrogens (tertiary/aromatic N) is 3. The van der Waals surface area contributed by atoms with Crippen molar-refractivity contribution in [3.8, 4) is 11.4 Å². The van der Waals surface area contributed by atoms with Gasteiger partial charge in [0.1, 0.15) is 11.4 Å². The van der Waals surface area contributed by atoms with Crippen LogP contribution in [0.25, 0.3) is 5.69 Å². The van der Waals surface area contributed by atoms with E-state index in [1.54, 1.807) is 43.2 Å². The van der Waals surface area contributed by atoms with Gasteiger partial charge in [0.05, 0.1) is 19.4 Å². The number of ether oxygens (including phenoxy) is 2. The van der Waals surface area contributed by atoms with Crippen LogP contribution in [0.3, 0.4) is 0 Å². The molecule has 1 aliphatic heterocycles. The Morgan fingerprint density at radius 3 is 2.41 bits per heavy atom. The first-order chi connectivity index (χ1) is 17.9. The normalized spacial score (nSPS) is 12.7. The SMILES string of the molecule is CCOC(=O)c1nn(-c2ccc(OC)cc2)c2c1CCN(c1ccc(NCCCCC(=O)O)cc1)C2=O. The van der Waals surface area contributed by atoms with Gasteiger partial charge in [-0.2, -0.15) is 5.10 Å². The van der Waals surface area contributed by atoms with Crippen LogP contribution in [-0.4, -0.2) is 59.5 Å². The molecule has 10 nitrogen and oxygen atoms in total. The molecular weight excluding hydrogens is 476 g/mol. The molecule has 2 aromatic carbocycles. The van der Waals surface area contributed by atoms with Gasteiger partial charge in [-0.05, 0) is 74.7 Å². The lowest BCUT2D eigenvalue weighted by Crippen LogP contribution is -2.39. The highest BCUT2D eigenvalue weighted by atomic mass is 16.5. The monoisotopic (exact) mass is 506 g/mol. The van der Waals surface area contributed by atoms with Crippen molar-refractivity contribution < 1.29 is 29.0 Å². The standard InChI is InChI=1S/C27H30N4O6/c1-3-37-27(35)24-22-15-17-30(19-9-7-18(8-10-19)28-16-5-4-6-23(32)33)26(34)25(22)31(29-24)20-11-13-21(36-2)14-12-20/h7-14,28H,3-6,15-17H2,1-2H3,(H,32,33). The predicted octanol–water partition coefficient (Wildman–Crippen LogP) is 3.93. The molecule has 0 spiro atoms. The van der Waals surface area contributed by atoms with E-state index in [0.717, 1.165) is 17.8 Å². The molecule has 37 heavy (non-hydrogen) atoms. The lowest BCUT2D eigenvalue weighted by molar-refractivity contribution is -0.137. The molecule has 0 aliphatic carbocycles. The Morgan fingerprint density at radius 1 is 1.05 bits per heavy atom. The number of aromatic nitrogens is 2. The van der Waals surface area contributed by atoms with Crippen molar-refractivity contribution in [1.29, 1.82) is 0 Å². The summed E-state index contributed by atoms with van der Waals surface area (Å²) in [7, 11) is 1.57. The molecule has 194 valence electrons. The van der Waals surface area contributed by atoms with Crippen LogP contribution in [0, 0.1) is 0 Å². The zero-order valence-corrected chi connectivity index (χ0v) is 20.9. The summed E-state index contributed by atoms with van der Waals surface area (Å²) in [4.78, 5) is 38.7. The van der Waals surface area contributed by atoms with Crippen LogP contribution >= 0.6 is 0 Å². The lowest BCUT2D eigenvalue weighted by atomic mass is 10.0. The van der Waals surface area contributed by atoms with Crippen LogP contribution in [0.1, 0.15) is 52.7 Å². The van der Waals surface area contributed by atoms with Crippen molar-refractivity contribution in [2.24, 2.45) is 0 Å². The summed E-state index contributed by atoms with van der Waals surface area (Å²) in [6.45, 7) is 3.00. The molecule has 10 heteroatoms. The number of aliphatic carboxylic acids is 1. The fraction of sp³-hybridized carbons (Fsp3) is 0.333. The number of amides is 1. The topological polar surface area (TPSA) is 123 Å². The fourth-order valence-corrected chi connectivity index (χ4v) is 4.27. The minimum absolute atomic E-state index is 0.156. The molecule has 0 saturated heterocycles. The predicted molar refractivity (Wildman–Crippen MR) is 138 cm³/mol. The molecule has 1 aliphatic rings. The number of carbonyl (C=O) groups is 3. The summed E-state index contributed by atoms with van der Waals surface area (Å²) in [6, 6.07) is 14.6. The summed E-state index contributed by atoms with van der Waals surface area (Å²) in [5.74, 6) is -0.930. The van der Waals surface area contributed by atoms with E-state index in [9.17, 15) is 14.4 Å². The second-order valence-electron chi connectivity index (χ2n) is 8.54. The highest BCUT2D eigenvalue weighted by Gasteiger charge is 2.35. The van der Waals surface area contributed by atoms with E-state index in [1.807, 2.05) is 24.3 Å². The fourth-order valence-electron chi connectivity index (χ4n) is 4.27. The zero-order valence-electron chi connectivity index (χ0n) is 20.9. The van der Waals surface area contributed by atoms with Gasteiger partial charge in [0.25, 0.3) is 5.91 Å². The number of hydrogen-bond acceptors (Lipinski definition) is 7. The number of carboxylic acid groups (broad SMARTS) is 1. The van der Waals surface area contributed by atoms with Crippen LogP contribution in [0.4, 0.5) is 11.4 Å². The number of carbonyl (C=O) groups excluding carboxylic acids is 2. The van der Waals surface area contributed by atoms with Crippen LogP contribution in [0.2, 0.25) is 0 Å². The number of esters is 1. The largest absolute Gasteiger partial charge is 0.497 e. The number of unbranched alkanes of at least 4 members (excludes halogenated alkanes) is 1. The van der Waals surface area contributed by atoms with Crippen LogP contribution < -0.4 is 15.0 Å². The van der Waals surface area contributed by atoms with Gasteiger partial charge in [-0.15, -0.1) is 0 Å². The molecule has 0 radical (unpaired) electrons. The van der Waals surface area contributed by atoms with E-state index in [1.165, 1.54) is 4.68 Å². The van der Waals surface area contributed by atoms with Gasteiger partial charge in [0.2, 0.25) is 0 Å². The van der Waals surface area contributed by atoms with Gasteiger partial charge in [0.15, 0.2) is 5.69 Å². The quantitative estimate of drug-likeness (QED) is 0.296. The summed E-state index contributed by atoms with van der Waals surface area (Å²) >= 11 is 0. The molecule has 0 atom stereocenters. The molecule has 1 amide bonds. The smallest absolute Gasteiger partial charge is 0.359 e. The highest BCUT2D eigenvalue weighted by molar-refractivity contribution is 6.09. The summed E-state index contributed by atoms with van der Waals surface area (Å²) < 4.78 is 11.9. The second kappa shape index (κ2) is 11.6. The van der Waals surface area contributed by atoms with Gasteiger partial charge < -0.3 is 24.8 Å². The number of nitrogens with one attached hydrogen (secondary N) is 1. The molecule has 2 N–H and O–H groups in total. The lowest BCUT2D eigenvalue weighted by Gasteiger charge is -2.28. The maximum atomic E-state index is 13.7. The van der Waals surface area contributed by atoms with Gasteiger partial charge in [-0.3, -0.25) is 9.59 Å². The first kappa shape index (κ1) is 25.7. The maximum Gasteiger partial charge on any atom is 0.359 e. The number of fused-ring (bicyclic) bond motifs is 1. The maximum absolute atomic E-state index is 13.7. The van der Waals surface area contributed by atoms with Crippen LogP contribution in [0.15, 0.2) is 48.5 Å². The molecular formula is C27H30N4O6. The van der Waals surface area contributed by atoms with E-state index in [-0.39, 0.29) is 24.6 Å². The third kappa shape index (κ3) is 5.74. The Morgan fingerprint density at radius 2 is 1.76 bits per heavy atom. The number of carboxylic acids is 1. The van der Waals surface area contributed by atoms with E-state index in [0.29, 0.717) is 48.6 Å². The first-order valence-electron chi connectivity index (χ1n) is 12.2. The van der Waals surface area contributed by atoms with E-state index in [2.05, 4.69) is 10.4 Å². The van der Waals surface area contributed by atoms with Gasteiger partial charge >= 0.3 is 11.9 Å². The minimum atomic E-state index is -0.790. The molecule has 4 rings (SSSR count). The molecule has 1 aromatic heterocycles. The third-order valence-corrected chi connectivity index (χ3v) is 6.13. The number of hydrogen-bond donors (Lipinski definition) is 2. The van der Waals surface area contributed by atoms with Crippen LogP contribution in [-0.2, 0) is 16.0 Å². The first-order valence-corrected chi connectivity index (χ1v) is 12.2. The van der Waals surface area contributed by atoms with Crippen LogP contribution in [0.5, 0.6) is 5.75 Å². The number of methoxy groups -OCH3 is 1. The second-order valence-corrected chi connectivity index (χ2v) is 8.54. The van der Waals surface area contributed by atoms with E-state index < -0.39 is 11.9 Å². The van der Waals surface area contributed by atoms with E-state index >= 15 is 0 Å². The molecule has 0 unspecified atom stereocenters. The summed E-state index contributed by atoms with van der Waals surface area (Å²) in [5.41, 5.74) is 3.31. The Bertz CT molecular complexity index is 1270. The Balaban J connectivity index is 1.57. The number of benzene rings is 2. The van der Waals surface area contributed by atoms with Crippen molar-refractivity contribution in [3.63, 3.8) is 0 Å². The summed E-state index contributed by atoms with van der Waals surface area (Å²) in [6.07, 6.45) is 1.97. The molecule has 0 fully saturated rings. The minimum Gasteiger partial charge on any atom is -0.497 e. The average Bonchev–Trinajstić information content (AvgIpc) is 3.30. The summed E-state index contributed by atoms with van der Waals surface area (Å²) in [5, 5.41) is 16.5. The van der Waals surface area contributed by atoms with Crippen molar-refractivity contribution in [2.45, 2.75) is 32.6 Å². The number of anilines is 2.